The van der Waals surface area contributed by atoms with Crippen LogP contribution < -0.4 is 9.80 Å². The van der Waals surface area contributed by atoms with E-state index in [9.17, 15) is 0 Å². The lowest BCUT2D eigenvalue weighted by Gasteiger charge is -2.39. The summed E-state index contributed by atoms with van der Waals surface area (Å²) in [6.07, 6.45) is 4.42. The van der Waals surface area contributed by atoms with Gasteiger partial charge < -0.3 is 9.80 Å². The molecule has 2 aromatic rings. The van der Waals surface area contributed by atoms with E-state index in [0.29, 0.717) is 5.92 Å². The van der Waals surface area contributed by atoms with Crippen LogP contribution in [-0.4, -0.2) is 65.7 Å². The predicted octanol–water partition coefficient (Wildman–Crippen LogP) is 2.53. The van der Waals surface area contributed by atoms with Gasteiger partial charge in [-0.3, -0.25) is 4.90 Å². The highest BCUT2D eigenvalue weighted by atomic mass is 15.3. The molecule has 1 atom stereocenters. The number of pyridine rings is 1. The normalized spacial score (nSPS) is 21.5. The SMILES string of the molecule is Cc1cc(C)nc(N2CCCC(CN3CCN(c4ccccn4)CC3)C2)n1. The van der Waals surface area contributed by atoms with Crippen molar-refractivity contribution in [2.75, 3.05) is 55.6 Å². The third-order valence-corrected chi connectivity index (χ3v) is 5.63. The Hall–Kier alpha value is -2.21. The van der Waals surface area contributed by atoms with E-state index in [1.807, 2.05) is 18.3 Å². The molecular formula is C21H30N6. The molecule has 2 aliphatic rings. The van der Waals surface area contributed by atoms with Gasteiger partial charge in [0.25, 0.3) is 0 Å². The fourth-order valence-corrected chi connectivity index (χ4v) is 4.31. The Labute approximate surface area is 162 Å². The summed E-state index contributed by atoms with van der Waals surface area (Å²) in [5, 5.41) is 0. The molecule has 4 heterocycles. The average Bonchev–Trinajstić information content (AvgIpc) is 2.69. The highest BCUT2D eigenvalue weighted by Crippen LogP contribution is 2.23. The third-order valence-electron chi connectivity index (χ3n) is 5.63. The second-order valence-electron chi connectivity index (χ2n) is 7.88. The Morgan fingerprint density at radius 2 is 1.74 bits per heavy atom. The summed E-state index contributed by atoms with van der Waals surface area (Å²) in [5.41, 5.74) is 2.12. The third kappa shape index (κ3) is 4.56. The van der Waals surface area contributed by atoms with Crippen LogP contribution in [0.4, 0.5) is 11.8 Å². The largest absolute Gasteiger partial charge is 0.354 e. The summed E-state index contributed by atoms with van der Waals surface area (Å²) >= 11 is 0. The number of piperidine rings is 1. The van der Waals surface area contributed by atoms with Gasteiger partial charge in [-0.15, -0.1) is 0 Å². The van der Waals surface area contributed by atoms with Gasteiger partial charge in [-0.1, -0.05) is 6.07 Å². The van der Waals surface area contributed by atoms with Gasteiger partial charge in [0.1, 0.15) is 5.82 Å². The van der Waals surface area contributed by atoms with Crippen molar-refractivity contribution in [1.82, 2.24) is 19.9 Å². The molecular weight excluding hydrogens is 336 g/mol. The first kappa shape index (κ1) is 18.2. The van der Waals surface area contributed by atoms with Crippen molar-refractivity contribution in [1.29, 1.82) is 0 Å². The maximum Gasteiger partial charge on any atom is 0.225 e. The fraction of sp³-hybridized carbons (Fsp3) is 0.571. The van der Waals surface area contributed by atoms with Crippen molar-refractivity contribution >= 4 is 11.8 Å². The summed E-state index contributed by atoms with van der Waals surface area (Å²) in [7, 11) is 0. The lowest BCUT2D eigenvalue weighted by Crippen LogP contribution is -2.50. The minimum Gasteiger partial charge on any atom is -0.354 e. The second kappa shape index (κ2) is 8.21. The number of aromatic nitrogens is 3. The van der Waals surface area contributed by atoms with E-state index in [2.05, 4.69) is 55.6 Å². The first-order valence-electron chi connectivity index (χ1n) is 10.1. The molecule has 27 heavy (non-hydrogen) atoms. The van der Waals surface area contributed by atoms with E-state index in [1.54, 1.807) is 0 Å². The van der Waals surface area contributed by atoms with Crippen LogP contribution in [0.3, 0.4) is 0 Å². The highest BCUT2D eigenvalue weighted by molar-refractivity contribution is 5.38. The molecule has 6 nitrogen and oxygen atoms in total. The summed E-state index contributed by atoms with van der Waals surface area (Å²) in [6.45, 7) is 11.8. The van der Waals surface area contributed by atoms with Crippen LogP contribution in [0.2, 0.25) is 0 Å². The summed E-state index contributed by atoms with van der Waals surface area (Å²) in [4.78, 5) is 21.2. The minimum atomic E-state index is 0.699. The monoisotopic (exact) mass is 366 g/mol. The van der Waals surface area contributed by atoms with Gasteiger partial charge in [0, 0.05) is 63.4 Å². The lowest BCUT2D eigenvalue weighted by atomic mass is 9.97. The number of piperazine rings is 1. The van der Waals surface area contributed by atoms with Crippen molar-refractivity contribution in [3.63, 3.8) is 0 Å². The number of hydrogen-bond acceptors (Lipinski definition) is 6. The summed E-state index contributed by atoms with van der Waals surface area (Å²) < 4.78 is 0. The van der Waals surface area contributed by atoms with Gasteiger partial charge in [-0.2, -0.15) is 0 Å². The smallest absolute Gasteiger partial charge is 0.225 e. The van der Waals surface area contributed by atoms with Gasteiger partial charge in [0.2, 0.25) is 5.95 Å². The van der Waals surface area contributed by atoms with Crippen LogP contribution in [0.1, 0.15) is 24.2 Å². The minimum absolute atomic E-state index is 0.699. The molecule has 0 aromatic carbocycles. The Bertz CT molecular complexity index is 721. The molecule has 0 aliphatic carbocycles. The van der Waals surface area contributed by atoms with Gasteiger partial charge in [-0.05, 0) is 50.8 Å². The van der Waals surface area contributed by atoms with Crippen LogP contribution in [-0.2, 0) is 0 Å². The molecule has 2 fully saturated rings. The van der Waals surface area contributed by atoms with E-state index in [4.69, 9.17) is 0 Å². The molecule has 2 aliphatic heterocycles. The van der Waals surface area contributed by atoms with Crippen LogP contribution in [0, 0.1) is 19.8 Å². The van der Waals surface area contributed by atoms with Crippen molar-refractivity contribution in [2.45, 2.75) is 26.7 Å². The van der Waals surface area contributed by atoms with Crippen molar-refractivity contribution in [3.8, 4) is 0 Å². The molecule has 2 aromatic heterocycles. The number of rotatable bonds is 4. The molecule has 2 saturated heterocycles. The maximum absolute atomic E-state index is 4.67. The number of anilines is 2. The Morgan fingerprint density at radius 3 is 2.44 bits per heavy atom. The Balaban J connectivity index is 1.31. The van der Waals surface area contributed by atoms with E-state index in [0.717, 1.165) is 62.4 Å². The Morgan fingerprint density at radius 1 is 0.963 bits per heavy atom. The lowest BCUT2D eigenvalue weighted by molar-refractivity contribution is 0.205. The molecule has 0 bridgehead atoms. The zero-order valence-corrected chi connectivity index (χ0v) is 16.5. The Kier molecular flexibility index (Phi) is 5.53. The quantitative estimate of drug-likeness (QED) is 0.829. The van der Waals surface area contributed by atoms with Gasteiger partial charge in [0.15, 0.2) is 0 Å². The van der Waals surface area contributed by atoms with E-state index >= 15 is 0 Å². The van der Waals surface area contributed by atoms with Crippen LogP contribution in [0.25, 0.3) is 0 Å². The second-order valence-corrected chi connectivity index (χ2v) is 7.88. The zero-order valence-electron chi connectivity index (χ0n) is 16.5. The fourth-order valence-electron chi connectivity index (χ4n) is 4.31. The molecule has 0 amide bonds. The van der Waals surface area contributed by atoms with Crippen LogP contribution in [0.5, 0.6) is 0 Å². The number of hydrogen-bond donors (Lipinski definition) is 0. The molecule has 0 N–H and O–H groups in total. The van der Waals surface area contributed by atoms with E-state index in [1.165, 1.54) is 19.4 Å². The molecule has 0 saturated carbocycles. The van der Waals surface area contributed by atoms with Gasteiger partial charge in [0.05, 0.1) is 0 Å². The number of nitrogens with zero attached hydrogens (tertiary/aromatic N) is 6. The van der Waals surface area contributed by atoms with Crippen molar-refractivity contribution in [3.05, 3.63) is 41.9 Å². The molecule has 6 heteroatoms. The predicted molar refractivity (Wildman–Crippen MR) is 109 cm³/mol. The molecule has 0 spiro atoms. The maximum atomic E-state index is 4.67. The van der Waals surface area contributed by atoms with E-state index in [-0.39, 0.29) is 0 Å². The highest BCUT2D eigenvalue weighted by Gasteiger charge is 2.26. The first-order chi connectivity index (χ1) is 13.2. The zero-order chi connectivity index (χ0) is 18.6. The standard InChI is InChI=1S/C21H30N6/c1-17-14-18(2)24-21(23-17)27-9-5-6-19(16-27)15-25-10-12-26(13-11-25)20-7-3-4-8-22-20/h3-4,7-8,14,19H,5-6,9-13,15-16H2,1-2H3. The molecule has 1 unspecified atom stereocenters. The molecule has 0 radical (unpaired) electrons. The van der Waals surface area contributed by atoms with Crippen molar-refractivity contribution in [2.24, 2.45) is 5.92 Å². The summed E-state index contributed by atoms with van der Waals surface area (Å²) in [5.74, 6) is 2.72. The van der Waals surface area contributed by atoms with E-state index < -0.39 is 0 Å². The van der Waals surface area contributed by atoms with Crippen LogP contribution in [0.15, 0.2) is 30.5 Å². The molecule has 4 rings (SSSR count). The molecule has 144 valence electrons. The van der Waals surface area contributed by atoms with Crippen LogP contribution >= 0.6 is 0 Å². The van der Waals surface area contributed by atoms with Gasteiger partial charge >= 0.3 is 0 Å². The van der Waals surface area contributed by atoms with Crippen molar-refractivity contribution < 1.29 is 0 Å². The topological polar surface area (TPSA) is 48.4 Å². The average molecular weight is 367 g/mol. The summed E-state index contributed by atoms with van der Waals surface area (Å²) in [6, 6.07) is 8.21. The first-order valence-corrected chi connectivity index (χ1v) is 10.1. The van der Waals surface area contributed by atoms with Gasteiger partial charge in [-0.25, -0.2) is 15.0 Å². The number of aryl methyl sites for hydroxylation is 2.